The third kappa shape index (κ3) is 13.9. The van der Waals surface area contributed by atoms with Gasteiger partial charge in [-0.1, -0.05) is 74.5 Å². The molecule has 2 aliphatic heterocycles. The molecule has 0 bridgehead atoms. The number of carbonyl (C=O) groups is 7. The second-order valence-electron chi connectivity index (χ2n) is 20.2. The number of amides is 8. The number of halogens is 2. The van der Waals surface area contributed by atoms with Crippen molar-refractivity contribution in [1.29, 1.82) is 0 Å². The average molecular weight is 1200 g/mol. The fourth-order valence-electron chi connectivity index (χ4n) is 9.76. The molecule has 3 heterocycles. The third-order valence-electron chi connectivity index (χ3n) is 14.2. The maximum Gasteiger partial charge on any atom is 0.524 e. The van der Waals surface area contributed by atoms with Gasteiger partial charge >= 0.3 is 26.0 Å². The summed E-state index contributed by atoms with van der Waals surface area (Å²) >= 11 is 14.0. The number of anilines is 3. The fraction of sp³-hybridized carbons (Fsp3) is 0.339. The van der Waals surface area contributed by atoms with Crippen LogP contribution in [-0.4, -0.2) is 132 Å². The highest BCUT2D eigenvalue weighted by Gasteiger charge is 2.39. The van der Waals surface area contributed by atoms with Crippen LogP contribution in [0.4, 0.5) is 31.4 Å². The van der Waals surface area contributed by atoms with Crippen molar-refractivity contribution in [3.8, 4) is 11.5 Å². The minimum Gasteiger partial charge on any atom is -0.445 e. The summed E-state index contributed by atoms with van der Waals surface area (Å²) in [5.74, 6) is -2.28. The number of carbonyl (C=O) groups excluding carboxylic acids is 7. The van der Waals surface area contributed by atoms with Gasteiger partial charge in [0.2, 0.25) is 11.8 Å². The smallest absolute Gasteiger partial charge is 0.445 e. The fourth-order valence-corrected chi connectivity index (χ4v) is 11.6. The number of phosphoric ester groups is 1. The lowest BCUT2D eigenvalue weighted by Gasteiger charge is -2.23. The van der Waals surface area contributed by atoms with Crippen molar-refractivity contribution in [2.24, 2.45) is 17.4 Å². The van der Waals surface area contributed by atoms with E-state index in [1.165, 1.54) is 34.9 Å². The minimum atomic E-state index is -4.99. The van der Waals surface area contributed by atoms with Gasteiger partial charge in [-0.15, -0.1) is 34.5 Å². The third-order valence-corrected chi connectivity index (χ3v) is 16.4. The van der Waals surface area contributed by atoms with Crippen LogP contribution in [0.5, 0.6) is 11.5 Å². The highest BCUT2D eigenvalue weighted by atomic mass is 35.5. The normalized spacial score (nSPS) is 15.3. The Balaban J connectivity index is 0.893. The number of nitrogens with two attached hydrogens (primary N) is 2. The number of phosphoric acid groups is 1. The Bertz CT molecular complexity index is 3470. The molecule has 0 unspecified atom stereocenters. The second kappa shape index (κ2) is 26.2. The average Bonchev–Trinajstić information content (AvgIpc) is 2.38. The van der Waals surface area contributed by atoms with Crippen molar-refractivity contribution in [1.82, 2.24) is 20.4 Å². The lowest BCUT2D eigenvalue weighted by molar-refractivity contribution is -0.128. The predicted octanol–water partition coefficient (Wildman–Crippen LogP) is 8.05. The molecule has 26 heteroatoms. The van der Waals surface area contributed by atoms with Crippen molar-refractivity contribution < 1.29 is 61.9 Å². The largest absolute Gasteiger partial charge is 0.524 e. The van der Waals surface area contributed by atoms with E-state index in [2.05, 4.69) is 16.0 Å². The zero-order valence-electron chi connectivity index (χ0n) is 45.1. The number of hydrogen-bond acceptors (Lipinski definition) is 13. The highest BCUT2D eigenvalue weighted by Crippen LogP contribution is 2.50. The van der Waals surface area contributed by atoms with Gasteiger partial charge in [-0.25, -0.2) is 18.9 Å². The molecule has 6 aromatic rings. The van der Waals surface area contributed by atoms with Gasteiger partial charge in [0.1, 0.15) is 24.1 Å². The molecule has 0 fully saturated rings. The Kier molecular flexibility index (Phi) is 19.3. The molecule has 4 atom stereocenters. The molecule has 8 amide bonds. The molecule has 0 spiro atoms. The van der Waals surface area contributed by atoms with Crippen LogP contribution in [0.25, 0.3) is 21.5 Å². The topological polar surface area (TPSA) is 306 Å². The van der Waals surface area contributed by atoms with Crippen molar-refractivity contribution in [3.05, 3.63) is 124 Å². The van der Waals surface area contributed by atoms with Crippen LogP contribution in [0.3, 0.4) is 0 Å². The van der Waals surface area contributed by atoms with Crippen molar-refractivity contribution >= 4 is 123 Å². The number of fused-ring (bicyclic) bond motifs is 6. The van der Waals surface area contributed by atoms with E-state index in [1.54, 1.807) is 97.6 Å². The van der Waals surface area contributed by atoms with Gasteiger partial charge < -0.3 is 61.0 Å². The van der Waals surface area contributed by atoms with Crippen molar-refractivity contribution in [3.63, 3.8) is 0 Å². The summed E-state index contributed by atoms with van der Waals surface area (Å²) in [5, 5.41) is 10.3. The summed E-state index contributed by atoms with van der Waals surface area (Å²) in [7, 11) is -1.97. The second-order valence-corrected chi connectivity index (χ2v) is 23.1. The molecule has 5 aromatic carbocycles. The Labute approximate surface area is 486 Å². The SMILES string of the molecule is CC(C)[C@H](N)C(=O)N[C@@H](CCCNC(N)=O)C(=O)Nc1ccc(COC(=O)N(C)CCN(C)C(=O)Oc2cc3c(c4ccccc24)[C@H](CCl)CN3C(=O)c2ccc(C(=O)N3C[C@@H](CCl)c4c3cc(OP(=O)(O)O)c3ccccc43)s2)cc1. The highest BCUT2D eigenvalue weighted by molar-refractivity contribution is 7.46. The van der Waals surface area contributed by atoms with Crippen LogP contribution in [0.1, 0.15) is 74.6 Å². The van der Waals surface area contributed by atoms with E-state index in [9.17, 15) is 47.9 Å². The van der Waals surface area contributed by atoms with E-state index in [-0.39, 0.29) is 96.5 Å². The molecule has 2 aliphatic rings. The van der Waals surface area contributed by atoms with Gasteiger partial charge in [-0.05, 0) is 70.5 Å². The van der Waals surface area contributed by atoms with E-state index in [1.807, 2.05) is 12.1 Å². The van der Waals surface area contributed by atoms with Crippen LogP contribution in [0.15, 0.2) is 97.1 Å². The zero-order valence-corrected chi connectivity index (χ0v) is 48.4. The Hall–Kier alpha value is -7.50. The summed E-state index contributed by atoms with van der Waals surface area (Å²) in [6, 6.07) is 24.4. The Morgan fingerprint density at radius 2 is 1.26 bits per heavy atom. The lowest BCUT2D eigenvalue weighted by atomic mass is 9.95. The first kappa shape index (κ1) is 60.6. The number of primary amides is 1. The van der Waals surface area contributed by atoms with Gasteiger partial charge in [-0.2, -0.15) is 0 Å². The number of rotatable bonds is 21. The summed E-state index contributed by atoms with van der Waals surface area (Å²) in [6.45, 7) is 4.12. The van der Waals surface area contributed by atoms with E-state index in [0.29, 0.717) is 45.2 Å². The number of nitrogens with one attached hydrogen (secondary N) is 3. The number of nitrogens with zero attached hydrogens (tertiary/aromatic N) is 4. The molecule has 0 saturated carbocycles. The van der Waals surface area contributed by atoms with Crippen LogP contribution < -0.4 is 46.5 Å². The number of hydrogen-bond donors (Lipinski definition) is 7. The lowest BCUT2D eigenvalue weighted by Crippen LogP contribution is -2.51. The number of urea groups is 1. The molecule has 1 aromatic heterocycles. The number of thiophene rings is 1. The molecule has 0 aliphatic carbocycles. The van der Waals surface area contributed by atoms with Crippen molar-refractivity contribution in [2.45, 2.75) is 57.2 Å². The number of likely N-dealkylation sites (N-methyl/N-ethyl adjacent to an activating group) is 2. The summed E-state index contributed by atoms with van der Waals surface area (Å²) in [5.41, 5.74) is 14.5. The maximum atomic E-state index is 14.6. The predicted molar refractivity (Wildman–Crippen MR) is 313 cm³/mol. The molecule has 0 radical (unpaired) electrons. The van der Waals surface area contributed by atoms with Gasteiger partial charge in [0, 0.05) is 99.0 Å². The molecule has 434 valence electrons. The molecular weight excluding hydrogens is 1140 g/mol. The van der Waals surface area contributed by atoms with E-state index >= 15 is 0 Å². The van der Waals surface area contributed by atoms with Crippen LogP contribution in [-0.2, 0) is 25.5 Å². The monoisotopic (exact) mass is 1200 g/mol. The molecule has 8 rings (SSSR count). The van der Waals surface area contributed by atoms with E-state index in [0.717, 1.165) is 27.8 Å². The first-order valence-electron chi connectivity index (χ1n) is 26.1. The van der Waals surface area contributed by atoms with Gasteiger partial charge in [0.05, 0.1) is 27.2 Å². The van der Waals surface area contributed by atoms with Crippen LogP contribution >= 0.6 is 42.4 Å². The molecule has 82 heavy (non-hydrogen) atoms. The van der Waals surface area contributed by atoms with Gasteiger partial charge in [0.15, 0.2) is 0 Å². The Morgan fingerprint density at radius 1 is 0.744 bits per heavy atom. The Morgan fingerprint density at radius 3 is 1.77 bits per heavy atom. The number of alkyl halides is 2. The quantitative estimate of drug-likeness (QED) is 0.0204. The maximum absolute atomic E-state index is 14.6. The van der Waals surface area contributed by atoms with E-state index < -0.39 is 61.8 Å². The number of benzene rings is 5. The standard InChI is InChI=1S/C56H62Cl2N9O13PS/c1-31(2)49(59)51(69)63-40(14-9-21-61-54(60)72)50(68)62-35-17-15-32(16-18-35)30-78-55(73)64(3)22-23-65(4)56(74)79-43-24-41-47(38-12-7-5-10-36(38)43)33(26-57)28-66(41)52(70)45-19-20-46(82-45)53(71)67-29-34(27-58)48-39-13-8-6-11-37(39)44(25-42(48)67)80-81(75,76)77/h5-8,10-13,15-20,24-25,31,33-34,40,49H,9,14,21-23,26-30,59H2,1-4H3,(H,62,68)(H,63,69)(H3,60,61,72)(H2,75,76,77)/t33-,34-,40+,49+/m1/s1. The molecular formula is C56H62Cl2N9O13PS. The van der Waals surface area contributed by atoms with E-state index in [4.69, 9.17) is 48.7 Å². The van der Waals surface area contributed by atoms with Crippen LogP contribution in [0, 0.1) is 5.92 Å². The summed E-state index contributed by atoms with van der Waals surface area (Å²) < 4.78 is 28.7. The van der Waals surface area contributed by atoms with Crippen LogP contribution in [0.2, 0.25) is 0 Å². The van der Waals surface area contributed by atoms with Gasteiger partial charge in [-0.3, -0.25) is 29.0 Å². The molecule has 0 saturated heterocycles. The first-order valence-corrected chi connectivity index (χ1v) is 29.5. The molecule has 22 nitrogen and oxygen atoms in total. The minimum absolute atomic E-state index is 0.0427. The first-order chi connectivity index (χ1) is 39.1. The van der Waals surface area contributed by atoms with Crippen molar-refractivity contribution in [2.75, 3.05) is 73.7 Å². The molecule has 9 N–H and O–H groups in total. The number of ether oxygens (including phenoxy) is 2. The summed E-state index contributed by atoms with van der Waals surface area (Å²) in [6.07, 6.45) is -0.874. The summed E-state index contributed by atoms with van der Waals surface area (Å²) in [4.78, 5) is 119. The van der Waals surface area contributed by atoms with Gasteiger partial charge in [0.25, 0.3) is 11.8 Å². The zero-order chi connectivity index (χ0) is 59.2.